The maximum absolute atomic E-state index is 13.9. The molecule has 4 nitrogen and oxygen atoms in total. The van der Waals surface area contributed by atoms with E-state index in [1.54, 1.807) is 6.07 Å². The summed E-state index contributed by atoms with van der Waals surface area (Å²) in [6, 6.07) is 15.0. The van der Waals surface area contributed by atoms with Gasteiger partial charge in [0.2, 0.25) is 5.91 Å². The van der Waals surface area contributed by atoms with Gasteiger partial charge in [-0.3, -0.25) is 9.69 Å². The van der Waals surface area contributed by atoms with Gasteiger partial charge in [-0.2, -0.15) is 0 Å². The Labute approximate surface area is 154 Å². The number of hydrogen-bond acceptors (Lipinski definition) is 3. The first-order valence-electron chi connectivity index (χ1n) is 9.16. The molecule has 2 aromatic carbocycles. The van der Waals surface area contributed by atoms with Crippen LogP contribution in [0.25, 0.3) is 0 Å². The van der Waals surface area contributed by atoms with Crippen LogP contribution in [0.4, 0.5) is 10.1 Å². The van der Waals surface area contributed by atoms with Gasteiger partial charge in [-0.25, -0.2) is 4.39 Å². The number of carbonyl (C=O) groups is 1. The van der Waals surface area contributed by atoms with Crippen LogP contribution >= 0.6 is 0 Å². The van der Waals surface area contributed by atoms with Gasteiger partial charge in [-0.1, -0.05) is 42.0 Å². The molecule has 1 N–H and O–H groups in total. The van der Waals surface area contributed by atoms with Crippen molar-refractivity contribution in [1.29, 1.82) is 0 Å². The summed E-state index contributed by atoms with van der Waals surface area (Å²) >= 11 is 0. The lowest BCUT2D eigenvalue weighted by molar-refractivity contribution is -0.120. The van der Waals surface area contributed by atoms with E-state index in [0.29, 0.717) is 18.7 Å². The lowest BCUT2D eigenvalue weighted by Crippen LogP contribution is -2.48. The number of piperazine rings is 1. The molecule has 0 aliphatic carbocycles. The molecule has 0 atom stereocenters. The molecule has 0 unspecified atom stereocenters. The van der Waals surface area contributed by atoms with E-state index in [9.17, 15) is 9.18 Å². The fraction of sp³-hybridized carbons (Fsp3) is 0.381. The average molecular weight is 355 g/mol. The van der Waals surface area contributed by atoms with Gasteiger partial charge in [0.05, 0.1) is 12.1 Å². The second-order valence-electron chi connectivity index (χ2n) is 6.80. The summed E-state index contributed by atoms with van der Waals surface area (Å²) in [5.74, 6) is -0.107. The summed E-state index contributed by atoms with van der Waals surface area (Å²) in [5.41, 5.74) is 2.89. The van der Waals surface area contributed by atoms with Crippen LogP contribution in [0.2, 0.25) is 0 Å². The van der Waals surface area contributed by atoms with Crippen molar-refractivity contribution >= 4 is 11.6 Å². The summed E-state index contributed by atoms with van der Waals surface area (Å²) in [6.45, 7) is 6.86. The summed E-state index contributed by atoms with van der Waals surface area (Å²) < 4.78 is 13.9. The van der Waals surface area contributed by atoms with Crippen LogP contribution in [0.15, 0.2) is 48.5 Å². The number of amides is 1. The number of nitrogens with zero attached hydrogens (tertiary/aromatic N) is 2. The van der Waals surface area contributed by atoms with Crippen molar-refractivity contribution in [2.75, 3.05) is 44.2 Å². The highest BCUT2D eigenvalue weighted by Crippen LogP contribution is 2.19. The molecule has 3 rings (SSSR count). The van der Waals surface area contributed by atoms with Crippen LogP contribution in [-0.4, -0.2) is 50.1 Å². The van der Waals surface area contributed by atoms with Crippen molar-refractivity contribution in [2.45, 2.75) is 13.3 Å². The van der Waals surface area contributed by atoms with Crippen molar-refractivity contribution in [2.24, 2.45) is 0 Å². The summed E-state index contributed by atoms with van der Waals surface area (Å²) in [5, 5.41) is 3.00. The molecule has 1 saturated heterocycles. The molecule has 1 heterocycles. The molecular formula is C21H26FN3O. The van der Waals surface area contributed by atoms with E-state index >= 15 is 0 Å². The first-order valence-corrected chi connectivity index (χ1v) is 9.16. The van der Waals surface area contributed by atoms with E-state index in [2.05, 4.69) is 15.1 Å². The lowest BCUT2D eigenvalue weighted by Gasteiger charge is -2.36. The van der Waals surface area contributed by atoms with Gasteiger partial charge in [0.25, 0.3) is 0 Å². The second kappa shape index (κ2) is 8.81. The van der Waals surface area contributed by atoms with Crippen LogP contribution in [0.5, 0.6) is 0 Å². The molecule has 0 saturated carbocycles. The van der Waals surface area contributed by atoms with Gasteiger partial charge in [0.1, 0.15) is 5.82 Å². The van der Waals surface area contributed by atoms with Crippen LogP contribution in [0.3, 0.4) is 0 Å². The number of carbonyl (C=O) groups excluding carboxylic acids is 1. The molecule has 1 aliphatic heterocycles. The van der Waals surface area contributed by atoms with Gasteiger partial charge in [-0.05, 0) is 24.6 Å². The van der Waals surface area contributed by atoms with Crippen molar-refractivity contribution in [3.8, 4) is 0 Å². The highest BCUT2D eigenvalue weighted by Gasteiger charge is 2.18. The Morgan fingerprint density at radius 1 is 1.08 bits per heavy atom. The third-order valence-corrected chi connectivity index (χ3v) is 4.76. The van der Waals surface area contributed by atoms with E-state index < -0.39 is 0 Å². The number of aryl methyl sites for hydroxylation is 1. The Morgan fingerprint density at radius 3 is 2.58 bits per heavy atom. The van der Waals surface area contributed by atoms with E-state index in [1.807, 2.05) is 43.3 Å². The Bertz CT molecular complexity index is 742. The SMILES string of the molecule is Cc1cccc(CC(=O)NCCN2CCN(c3ccccc3F)CC2)c1. The summed E-state index contributed by atoms with van der Waals surface area (Å²) in [4.78, 5) is 16.5. The fourth-order valence-electron chi connectivity index (χ4n) is 3.34. The van der Waals surface area contributed by atoms with E-state index in [1.165, 1.54) is 11.6 Å². The van der Waals surface area contributed by atoms with Crippen LogP contribution in [0.1, 0.15) is 11.1 Å². The van der Waals surface area contributed by atoms with Crippen molar-refractivity contribution in [3.05, 3.63) is 65.5 Å². The Balaban J connectivity index is 1.37. The van der Waals surface area contributed by atoms with Crippen LogP contribution in [-0.2, 0) is 11.2 Å². The number of halogens is 1. The smallest absolute Gasteiger partial charge is 0.224 e. The standard InChI is InChI=1S/C21H26FN3O/c1-17-5-4-6-18(15-17)16-21(26)23-9-10-24-11-13-25(14-12-24)20-8-3-2-7-19(20)22/h2-8,15H,9-14,16H2,1H3,(H,23,26). The zero-order valence-electron chi connectivity index (χ0n) is 15.2. The van der Waals surface area contributed by atoms with Crippen molar-refractivity contribution < 1.29 is 9.18 Å². The lowest BCUT2D eigenvalue weighted by atomic mass is 10.1. The maximum Gasteiger partial charge on any atom is 0.224 e. The summed E-state index contributed by atoms with van der Waals surface area (Å²) in [6.07, 6.45) is 0.419. The second-order valence-corrected chi connectivity index (χ2v) is 6.80. The third-order valence-electron chi connectivity index (χ3n) is 4.76. The Hall–Kier alpha value is -2.40. The molecule has 0 aromatic heterocycles. The zero-order valence-corrected chi connectivity index (χ0v) is 15.2. The number of para-hydroxylation sites is 1. The largest absolute Gasteiger partial charge is 0.367 e. The molecule has 2 aromatic rings. The molecule has 1 fully saturated rings. The van der Waals surface area contributed by atoms with Crippen LogP contribution in [0, 0.1) is 12.7 Å². The minimum Gasteiger partial charge on any atom is -0.367 e. The van der Waals surface area contributed by atoms with Gasteiger partial charge < -0.3 is 10.2 Å². The van der Waals surface area contributed by atoms with Gasteiger partial charge in [0.15, 0.2) is 0 Å². The first-order chi connectivity index (χ1) is 12.6. The van der Waals surface area contributed by atoms with Crippen molar-refractivity contribution in [3.63, 3.8) is 0 Å². The van der Waals surface area contributed by atoms with Gasteiger partial charge in [0, 0.05) is 39.3 Å². The number of nitrogens with one attached hydrogen (secondary N) is 1. The van der Waals surface area contributed by atoms with E-state index in [0.717, 1.165) is 38.3 Å². The molecule has 0 bridgehead atoms. The topological polar surface area (TPSA) is 35.6 Å². The minimum absolute atomic E-state index is 0.0561. The predicted octanol–water partition coefficient (Wildman–Crippen LogP) is 2.62. The predicted molar refractivity (Wildman–Crippen MR) is 103 cm³/mol. The molecule has 1 aliphatic rings. The number of anilines is 1. The molecule has 0 spiro atoms. The number of benzene rings is 2. The van der Waals surface area contributed by atoms with Gasteiger partial charge >= 0.3 is 0 Å². The highest BCUT2D eigenvalue weighted by atomic mass is 19.1. The third kappa shape index (κ3) is 5.05. The monoisotopic (exact) mass is 355 g/mol. The molecular weight excluding hydrogens is 329 g/mol. The van der Waals surface area contributed by atoms with Crippen LogP contribution < -0.4 is 10.2 Å². The molecule has 0 radical (unpaired) electrons. The quantitative estimate of drug-likeness (QED) is 0.865. The van der Waals surface area contributed by atoms with Gasteiger partial charge in [-0.15, -0.1) is 0 Å². The Morgan fingerprint density at radius 2 is 1.85 bits per heavy atom. The Kier molecular flexibility index (Phi) is 6.23. The van der Waals surface area contributed by atoms with Crippen molar-refractivity contribution in [1.82, 2.24) is 10.2 Å². The van der Waals surface area contributed by atoms with E-state index in [4.69, 9.17) is 0 Å². The maximum atomic E-state index is 13.9. The van der Waals surface area contributed by atoms with E-state index in [-0.39, 0.29) is 11.7 Å². The molecule has 26 heavy (non-hydrogen) atoms. The fourth-order valence-corrected chi connectivity index (χ4v) is 3.34. The molecule has 138 valence electrons. The summed E-state index contributed by atoms with van der Waals surface area (Å²) in [7, 11) is 0. The normalized spacial score (nSPS) is 15.1. The molecule has 5 heteroatoms. The first kappa shape index (κ1) is 18.4. The average Bonchev–Trinajstić information content (AvgIpc) is 2.63. The molecule has 1 amide bonds. The highest BCUT2D eigenvalue weighted by molar-refractivity contribution is 5.78. The number of hydrogen-bond donors (Lipinski definition) is 1. The minimum atomic E-state index is -0.163. The zero-order chi connectivity index (χ0) is 18.4. The number of rotatable bonds is 6.